The van der Waals surface area contributed by atoms with Crippen molar-refractivity contribution in [1.29, 1.82) is 0 Å². The molecule has 3 rings (SSSR count). The lowest BCUT2D eigenvalue weighted by atomic mass is 10.2. The smallest absolute Gasteiger partial charge is 0.169 e. The van der Waals surface area contributed by atoms with Gasteiger partial charge in [-0.1, -0.05) is 0 Å². The minimum absolute atomic E-state index is 0.0543. The van der Waals surface area contributed by atoms with E-state index in [0.717, 1.165) is 56.3 Å². The highest BCUT2D eigenvalue weighted by atomic mass is 32.2. The molecule has 10 heteroatoms. The highest BCUT2D eigenvalue weighted by molar-refractivity contribution is 7.91. The maximum atomic E-state index is 11.8. The largest absolute Gasteiger partial charge is 0.379 e. The standard InChI is InChI=1S/C18H31N5O3S2/c1-14-17(15(2)23(20-14)16-4-11-28(24,25)13-16)12-21(3)18(27)19-5-6-22-7-9-26-10-8-22/h16H,4-13H2,1-3H3,(H,19,27)/t16-/m0/s1. The summed E-state index contributed by atoms with van der Waals surface area (Å²) >= 11 is 5.54. The number of nitrogens with one attached hydrogen (secondary N) is 1. The van der Waals surface area contributed by atoms with Crippen molar-refractivity contribution in [1.82, 2.24) is 24.9 Å². The van der Waals surface area contributed by atoms with Crippen LogP contribution >= 0.6 is 12.2 Å². The molecule has 0 aliphatic carbocycles. The Hall–Kier alpha value is -1.23. The van der Waals surface area contributed by atoms with Crippen LogP contribution in [-0.4, -0.2) is 91.1 Å². The second kappa shape index (κ2) is 9.06. The van der Waals surface area contributed by atoms with Gasteiger partial charge in [-0.05, 0) is 32.5 Å². The van der Waals surface area contributed by atoms with E-state index in [1.807, 2.05) is 30.5 Å². The molecule has 158 valence electrons. The topological polar surface area (TPSA) is 79.7 Å². The fraction of sp³-hybridized carbons (Fsp3) is 0.778. The Morgan fingerprint density at radius 1 is 1.36 bits per heavy atom. The van der Waals surface area contributed by atoms with Crippen LogP contribution in [0.5, 0.6) is 0 Å². The highest BCUT2D eigenvalue weighted by Crippen LogP contribution is 2.27. The number of thiocarbonyl (C=S) groups is 1. The van der Waals surface area contributed by atoms with Gasteiger partial charge in [0, 0.05) is 51.0 Å². The van der Waals surface area contributed by atoms with Gasteiger partial charge in [-0.3, -0.25) is 9.58 Å². The van der Waals surface area contributed by atoms with Gasteiger partial charge in [0.2, 0.25) is 0 Å². The van der Waals surface area contributed by atoms with Crippen LogP contribution in [-0.2, 0) is 21.1 Å². The summed E-state index contributed by atoms with van der Waals surface area (Å²) in [5.41, 5.74) is 3.08. The van der Waals surface area contributed by atoms with Crippen LogP contribution < -0.4 is 5.32 Å². The molecule has 0 amide bonds. The maximum absolute atomic E-state index is 11.8. The molecule has 1 aromatic rings. The van der Waals surface area contributed by atoms with Gasteiger partial charge in [-0.15, -0.1) is 0 Å². The Morgan fingerprint density at radius 2 is 2.07 bits per heavy atom. The molecule has 1 N–H and O–H groups in total. The minimum Gasteiger partial charge on any atom is -0.379 e. The minimum atomic E-state index is -2.93. The second-order valence-electron chi connectivity index (χ2n) is 7.69. The summed E-state index contributed by atoms with van der Waals surface area (Å²) in [7, 11) is -0.961. The fourth-order valence-electron chi connectivity index (χ4n) is 3.84. The molecule has 2 aliphatic rings. The summed E-state index contributed by atoms with van der Waals surface area (Å²) in [6, 6.07) is -0.0543. The quantitative estimate of drug-likeness (QED) is 0.655. The van der Waals surface area contributed by atoms with E-state index < -0.39 is 9.84 Å². The number of hydrogen-bond acceptors (Lipinski definition) is 6. The number of nitrogens with zero attached hydrogens (tertiary/aromatic N) is 4. The van der Waals surface area contributed by atoms with Crippen molar-refractivity contribution < 1.29 is 13.2 Å². The van der Waals surface area contributed by atoms with Crippen LogP contribution in [0, 0.1) is 13.8 Å². The Kier molecular flexibility index (Phi) is 6.95. The lowest BCUT2D eigenvalue weighted by molar-refractivity contribution is 0.0389. The average Bonchev–Trinajstić information content (AvgIpc) is 3.15. The second-order valence-corrected chi connectivity index (χ2v) is 10.3. The van der Waals surface area contributed by atoms with E-state index in [-0.39, 0.29) is 17.5 Å². The molecule has 0 radical (unpaired) electrons. The fourth-order valence-corrected chi connectivity index (χ4v) is 5.70. The van der Waals surface area contributed by atoms with E-state index in [1.54, 1.807) is 0 Å². The number of morpholine rings is 1. The third-order valence-corrected chi connectivity index (χ3v) is 7.79. The molecule has 2 aliphatic heterocycles. The van der Waals surface area contributed by atoms with Gasteiger partial charge >= 0.3 is 0 Å². The first-order valence-electron chi connectivity index (χ1n) is 9.81. The molecule has 3 heterocycles. The SMILES string of the molecule is Cc1nn([C@H]2CCS(=O)(=O)C2)c(C)c1CN(C)C(=S)NCCN1CCOCC1. The van der Waals surface area contributed by atoms with Crippen molar-refractivity contribution in [2.75, 3.05) is 57.9 Å². The van der Waals surface area contributed by atoms with Gasteiger partial charge in [0.25, 0.3) is 0 Å². The summed E-state index contributed by atoms with van der Waals surface area (Å²) in [4.78, 5) is 4.38. The first-order valence-corrected chi connectivity index (χ1v) is 12.0. The molecule has 1 aromatic heterocycles. The van der Waals surface area contributed by atoms with Crippen LogP contribution in [0.25, 0.3) is 0 Å². The molecule has 0 aromatic carbocycles. The summed E-state index contributed by atoms with van der Waals surface area (Å²) < 4.78 is 30.9. The van der Waals surface area contributed by atoms with Crippen molar-refractivity contribution in [3.05, 3.63) is 17.0 Å². The van der Waals surface area contributed by atoms with Gasteiger partial charge in [-0.2, -0.15) is 5.10 Å². The number of ether oxygens (including phenoxy) is 1. The zero-order valence-electron chi connectivity index (χ0n) is 17.0. The van der Waals surface area contributed by atoms with E-state index in [9.17, 15) is 8.42 Å². The molecule has 8 nitrogen and oxygen atoms in total. The maximum Gasteiger partial charge on any atom is 0.169 e. The van der Waals surface area contributed by atoms with Crippen molar-refractivity contribution in [3.63, 3.8) is 0 Å². The molecule has 0 bridgehead atoms. The van der Waals surface area contributed by atoms with Gasteiger partial charge in [0.1, 0.15) is 0 Å². The molecule has 0 spiro atoms. The van der Waals surface area contributed by atoms with E-state index in [1.165, 1.54) is 0 Å². The van der Waals surface area contributed by atoms with Gasteiger partial charge in [0.15, 0.2) is 14.9 Å². The molecule has 28 heavy (non-hydrogen) atoms. The Bertz CT molecular complexity index is 802. The van der Waals surface area contributed by atoms with Crippen LogP contribution in [0.15, 0.2) is 0 Å². The third-order valence-electron chi connectivity index (χ3n) is 5.58. The number of aromatic nitrogens is 2. The van der Waals surface area contributed by atoms with Crippen LogP contribution in [0.3, 0.4) is 0 Å². The highest BCUT2D eigenvalue weighted by Gasteiger charge is 2.31. The van der Waals surface area contributed by atoms with Crippen molar-refractivity contribution in [3.8, 4) is 0 Å². The van der Waals surface area contributed by atoms with Crippen molar-refractivity contribution in [2.45, 2.75) is 32.9 Å². The molecule has 0 saturated carbocycles. The van der Waals surface area contributed by atoms with Crippen LogP contribution in [0.1, 0.15) is 29.4 Å². The first-order chi connectivity index (χ1) is 13.3. The molecule has 0 unspecified atom stereocenters. The Balaban J connectivity index is 1.54. The zero-order chi connectivity index (χ0) is 20.3. The summed E-state index contributed by atoms with van der Waals surface area (Å²) in [6.45, 7) is 9.94. The number of sulfone groups is 1. The van der Waals surface area contributed by atoms with Gasteiger partial charge < -0.3 is 15.0 Å². The van der Waals surface area contributed by atoms with E-state index in [0.29, 0.717) is 18.1 Å². The molecular weight excluding hydrogens is 398 g/mol. The molecule has 1 atom stereocenters. The van der Waals surface area contributed by atoms with E-state index in [2.05, 4.69) is 15.3 Å². The zero-order valence-corrected chi connectivity index (χ0v) is 18.6. The first kappa shape index (κ1) is 21.5. The van der Waals surface area contributed by atoms with Crippen LogP contribution in [0.4, 0.5) is 0 Å². The Labute approximate surface area is 173 Å². The van der Waals surface area contributed by atoms with E-state index >= 15 is 0 Å². The number of rotatable bonds is 6. The average molecular weight is 430 g/mol. The Morgan fingerprint density at radius 3 is 2.71 bits per heavy atom. The van der Waals surface area contributed by atoms with Crippen molar-refractivity contribution >= 4 is 27.2 Å². The molecular formula is C18H31N5O3S2. The lowest BCUT2D eigenvalue weighted by Crippen LogP contribution is -2.44. The van der Waals surface area contributed by atoms with Gasteiger partial charge in [-0.25, -0.2) is 8.42 Å². The normalized spacial score (nSPS) is 22.3. The summed E-state index contributed by atoms with van der Waals surface area (Å²) in [5, 5.41) is 8.68. The third kappa shape index (κ3) is 5.22. The van der Waals surface area contributed by atoms with Gasteiger partial charge in [0.05, 0.1) is 36.5 Å². The number of aryl methyl sites for hydroxylation is 1. The predicted molar refractivity (Wildman–Crippen MR) is 113 cm³/mol. The molecule has 2 fully saturated rings. The summed E-state index contributed by atoms with van der Waals surface area (Å²) in [5.74, 6) is 0.439. The molecule has 2 saturated heterocycles. The monoisotopic (exact) mass is 429 g/mol. The number of hydrogen-bond donors (Lipinski definition) is 1. The van der Waals surface area contributed by atoms with Crippen LogP contribution in [0.2, 0.25) is 0 Å². The lowest BCUT2D eigenvalue weighted by Gasteiger charge is -2.27. The summed E-state index contributed by atoms with van der Waals surface area (Å²) in [6.07, 6.45) is 0.640. The van der Waals surface area contributed by atoms with Crippen molar-refractivity contribution in [2.24, 2.45) is 0 Å². The van der Waals surface area contributed by atoms with E-state index in [4.69, 9.17) is 17.0 Å². The predicted octanol–water partition coefficient (Wildman–Crippen LogP) is 0.498.